The lowest BCUT2D eigenvalue weighted by Gasteiger charge is -2.23. The van der Waals surface area contributed by atoms with Gasteiger partial charge in [0, 0.05) is 25.0 Å². The molecule has 0 saturated heterocycles. The van der Waals surface area contributed by atoms with Gasteiger partial charge in [0.25, 0.3) is 0 Å². The summed E-state index contributed by atoms with van der Waals surface area (Å²) in [7, 11) is 1.63. The number of likely N-dealkylation sites (N-methyl/N-ethyl adjacent to an activating group) is 1. The Morgan fingerprint density at radius 1 is 1.12 bits per heavy atom. The van der Waals surface area contributed by atoms with E-state index in [9.17, 15) is 9.59 Å². The number of rotatable bonds is 5. The molecule has 5 nitrogen and oxygen atoms in total. The average molecular weight is 337 g/mol. The maximum atomic E-state index is 12.8. The van der Waals surface area contributed by atoms with Crippen molar-refractivity contribution in [2.75, 3.05) is 23.8 Å². The molecule has 2 aromatic rings. The van der Waals surface area contributed by atoms with Crippen LogP contribution in [0.25, 0.3) is 0 Å². The normalized spacial score (nSPS) is 13.9. The van der Waals surface area contributed by atoms with Gasteiger partial charge in [0.15, 0.2) is 0 Å². The van der Waals surface area contributed by atoms with Crippen molar-refractivity contribution in [1.29, 1.82) is 0 Å². The van der Waals surface area contributed by atoms with Crippen molar-refractivity contribution in [1.82, 2.24) is 5.32 Å². The van der Waals surface area contributed by atoms with Crippen molar-refractivity contribution < 1.29 is 9.59 Å². The number of carbonyl (C=O) groups is 2. The van der Waals surface area contributed by atoms with Crippen LogP contribution in [0.3, 0.4) is 0 Å². The summed E-state index contributed by atoms with van der Waals surface area (Å²) < 4.78 is 0. The number of carbonyl (C=O) groups excluding carboxylic acids is 2. The Balaban J connectivity index is 1.63. The van der Waals surface area contributed by atoms with Crippen molar-refractivity contribution in [3.05, 3.63) is 59.7 Å². The SMILES string of the molecule is CNC(=O)Cc1ccc(NC(C)C(=O)N2CCc3ccccc32)cc1. The predicted molar refractivity (Wildman–Crippen MR) is 99.8 cm³/mol. The van der Waals surface area contributed by atoms with E-state index in [2.05, 4.69) is 16.7 Å². The smallest absolute Gasteiger partial charge is 0.249 e. The first-order valence-electron chi connectivity index (χ1n) is 8.54. The van der Waals surface area contributed by atoms with Gasteiger partial charge in [-0.25, -0.2) is 0 Å². The molecule has 1 aliphatic heterocycles. The van der Waals surface area contributed by atoms with Crippen molar-refractivity contribution in [3.63, 3.8) is 0 Å². The standard InChI is InChI=1S/C20H23N3O2/c1-14(20(25)23-12-11-16-5-3-4-6-18(16)23)22-17-9-7-15(8-10-17)13-19(24)21-2/h3-10,14,22H,11-13H2,1-2H3,(H,21,24). The van der Waals surface area contributed by atoms with Crippen LogP contribution in [0.2, 0.25) is 0 Å². The molecule has 1 aliphatic rings. The van der Waals surface area contributed by atoms with Crippen LogP contribution in [0.5, 0.6) is 0 Å². The van der Waals surface area contributed by atoms with Crippen LogP contribution >= 0.6 is 0 Å². The lowest BCUT2D eigenvalue weighted by molar-refractivity contribution is -0.120. The van der Waals surface area contributed by atoms with Crippen LogP contribution in [0.15, 0.2) is 48.5 Å². The Morgan fingerprint density at radius 2 is 1.84 bits per heavy atom. The molecule has 0 saturated carbocycles. The van der Waals surface area contributed by atoms with Crippen molar-refractivity contribution >= 4 is 23.2 Å². The number of hydrogen-bond donors (Lipinski definition) is 2. The molecule has 1 atom stereocenters. The number of hydrogen-bond acceptors (Lipinski definition) is 3. The summed E-state index contributed by atoms with van der Waals surface area (Å²) in [5.41, 5.74) is 4.05. The fraction of sp³-hybridized carbons (Fsp3) is 0.300. The van der Waals surface area contributed by atoms with Gasteiger partial charge < -0.3 is 15.5 Å². The molecule has 0 spiro atoms. The highest BCUT2D eigenvalue weighted by atomic mass is 16.2. The van der Waals surface area contributed by atoms with Crippen molar-refractivity contribution in [3.8, 4) is 0 Å². The molecule has 1 unspecified atom stereocenters. The number of nitrogens with zero attached hydrogens (tertiary/aromatic N) is 1. The lowest BCUT2D eigenvalue weighted by Crippen LogP contribution is -2.40. The zero-order valence-electron chi connectivity index (χ0n) is 14.6. The minimum absolute atomic E-state index is 0.0167. The van der Waals surface area contributed by atoms with Gasteiger partial charge in [0.1, 0.15) is 6.04 Å². The Labute approximate surface area is 148 Å². The molecule has 25 heavy (non-hydrogen) atoms. The highest BCUT2D eigenvalue weighted by molar-refractivity contribution is 6.00. The summed E-state index contributed by atoms with van der Waals surface area (Å²) in [6, 6.07) is 15.3. The van der Waals surface area contributed by atoms with Crippen molar-refractivity contribution in [2.45, 2.75) is 25.8 Å². The van der Waals surface area contributed by atoms with Crippen LogP contribution in [-0.4, -0.2) is 31.4 Å². The fourth-order valence-corrected chi connectivity index (χ4v) is 3.11. The van der Waals surface area contributed by atoms with Crippen LogP contribution in [0.4, 0.5) is 11.4 Å². The van der Waals surface area contributed by atoms with E-state index >= 15 is 0 Å². The van der Waals surface area contributed by atoms with Gasteiger partial charge in [-0.3, -0.25) is 9.59 Å². The molecule has 0 radical (unpaired) electrons. The molecule has 130 valence electrons. The van der Waals surface area contributed by atoms with Gasteiger partial charge in [-0.05, 0) is 42.7 Å². The van der Waals surface area contributed by atoms with Gasteiger partial charge in [0.05, 0.1) is 6.42 Å². The summed E-state index contributed by atoms with van der Waals surface area (Å²) in [5, 5.41) is 5.86. The van der Waals surface area contributed by atoms with Crippen LogP contribution in [0.1, 0.15) is 18.1 Å². The molecule has 2 amide bonds. The third-order valence-electron chi connectivity index (χ3n) is 4.50. The third kappa shape index (κ3) is 3.82. The zero-order valence-corrected chi connectivity index (χ0v) is 14.6. The predicted octanol–water partition coefficient (Wildman–Crippen LogP) is 2.36. The monoisotopic (exact) mass is 337 g/mol. The van der Waals surface area contributed by atoms with Crippen LogP contribution in [0, 0.1) is 0 Å². The van der Waals surface area contributed by atoms with E-state index in [-0.39, 0.29) is 17.9 Å². The molecule has 2 aromatic carbocycles. The second-order valence-corrected chi connectivity index (χ2v) is 6.28. The molecule has 5 heteroatoms. The average Bonchev–Trinajstić information content (AvgIpc) is 3.06. The number of amides is 2. The first kappa shape index (κ1) is 17.0. The lowest BCUT2D eigenvalue weighted by atomic mass is 10.1. The first-order valence-corrected chi connectivity index (χ1v) is 8.54. The van der Waals surface area contributed by atoms with Gasteiger partial charge in [-0.1, -0.05) is 30.3 Å². The summed E-state index contributed by atoms with van der Waals surface area (Å²) >= 11 is 0. The van der Waals surface area contributed by atoms with E-state index in [1.54, 1.807) is 7.05 Å². The Kier molecular flexibility index (Phi) is 5.03. The van der Waals surface area contributed by atoms with E-state index in [1.165, 1.54) is 5.56 Å². The van der Waals surface area contributed by atoms with Gasteiger partial charge in [-0.15, -0.1) is 0 Å². The number of nitrogens with one attached hydrogen (secondary N) is 2. The molecule has 2 N–H and O–H groups in total. The maximum absolute atomic E-state index is 12.8. The molecule has 0 aliphatic carbocycles. The Morgan fingerprint density at radius 3 is 2.56 bits per heavy atom. The minimum atomic E-state index is -0.323. The fourth-order valence-electron chi connectivity index (χ4n) is 3.11. The van der Waals surface area contributed by atoms with E-state index in [0.29, 0.717) is 6.42 Å². The quantitative estimate of drug-likeness (QED) is 0.880. The van der Waals surface area contributed by atoms with E-state index in [0.717, 1.165) is 29.9 Å². The Hall–Kier alpha value is -2.82. The van der Waals surface area contributed by atoms with Gasteiger partial charge >= 0.3 is 0 Å². The zero-order chi connectivity index (χ0) is 17.8. The summed E-state index contributed by atoms with van der Waals surface area (Å²) in [5.74, 6) is 0.0522. The summed E-state index contributed by atoms with van der Waals surface area (Å²) in [6.45, 7) is 2.61. The van der Waals surface area contributed by atoms with Gasteiger partial charge in [-0.2, -0.15) is 0 Å². The molecular formula is C20H23N3O2. The molecule has 1 heterocycles. The van der Waals surface area contributed by atoms with E-state index < -0.39 is 0 Å². The van der Waals surface area contributed by atoms with Gasteiger partial charge in [0.2, 0.25) is 11.8 Å². The highest BCUT2D eigenvalue weighted by Crippen LogP contribution is 2.28. The number of anilines is 2. The number of para-hydroxylation sites is 1. The largest absolute Gasteiger partial charge is 0.374 e. The number of fused-ring (bicyclic) bond motifs is 1. The number of benzene rings is 2. The van der Waals surface area contributed by atoms with Crippen molar-refractivity contribution in [2.24, 2.45) is 0 Å². The second kappa shape index (κ2) is 7.38. The highest BCUT2D eigenvalue weighted by Gasteiger charge is 2.27. The molecule has 3 rings (SSSR count). The Bertz CT molecular complexity index is 771. The first-order chi connectivity index (χ1) is 12.1. The second-order valence-electron chi connectivity index (χ2n) is 6.28. The minimum Gasteiger partial charge on any atom is -0.374 e. The molecule has 0 fully saturated rings. The topological polar surface area (TPSA) is 61.4 Å². The molecular weight excluding hydrogens is 314 g/mol. The van der Waals surface area contributed by atoms with Crippen LogP contribution in [-0.2, 0) is 22.4 Å². The third-order valence-corrected chi connectivity index (χ3v) is 4.50. The summed E-state index contributed by atoms with van der Waals surface area (Å²) in [6.07, 6.45) is 1.26. The van der Waals surface area contributed by atoms with E-state index in [4.69, 9.17) is 0 Å². The van der Waals surface area contributed by atoms with Crippen LogP contribution < -0.4 is 15.5 Å². The molecule has 0 aromatic heterocycles. The maximum Gasteiger partial charge on any atom is 0.249 e. The summed E-state index contributed by atoms with van der Waals surface area (Å²) in [4.78, 5) is 26.0. The molecule has 0 bridgehead atoms. The van der Waals surface area contributed by atoms with E-state index in [1.807, 2.05) is 54.3 Å².